The molecule has 0 aliphatic heterocycles. The smallest absolute Gasteiger partial charge is 0.277 e. The summed E-state index contributed by atoms with van der Waals surface area (Å²) in [4.78, 5) is 23.5. The molecule has 1 aliphatic carbocycles. The van der Waals surface area contributed by atoms with E-state index < -0.39 is 0 Å². The number of hydrogen-bond donors (Lipinski definition) is 2. The minimum absolute atomic E-state index is 0.0776. The predicted octanol–water partition coefficient (Wildman–Crippen LogP) is 2.95. The second-order valence-corrected chi connectivity index (χ2v) is 6.17. The van der Waals surface area contributed by atoms with Gasteiger partial charge in [-0.15, -0.1) is 0 Å². The quantitative estimate of drug-likeness (QED) is 0.594. The lowest BCUT2D eigenvalue weighted by molar-refractivity contribution is -0.123. The number of hydrazone groups is 1. The molecule has 2 N–H and O–H groups in total. The van der Waals surface area contributed by atoms with Gasteiger partial charge in [0.15, 0.2) is 6.61 Å². The van der Waals surface area contributed by atoms with Gasteiger partial charge in [0.1, 0.15) is 5.75 Å². The van der Waals surface area contributed by atoms with Crippen LogP contribution in [0.3, 0.4) is 0 Å². The van der Waals surface area contributed by atoms with Crippen LogP contribution in [0.25, 0.3) is 0 Å². The van der Waals surface area contributed by atoms with E-state index in [-0.39, 0.29) is 24.3 Å². The third kappa shape index (κ3) is 5.17. The van der Waals surface area contributed by atoms with E-state index in [1.54, 1.807) is 19.1 Å². The van der Waals surface area contributed by atoms with E-state index in [1.807, 2.05) is 42.5 Å². The summed E-state index contributed by atoms with van der Waals surface area (Å²) in [6.07, 6.45) is 1.95. The first kappa shape index (κ1) is 17.7. The van der Waals surface area contributed by atoms with Gasteiger partial charge in [-0.2, -0.15) is 5.10 Å². The summed E-state index contributed by atoms with van der Waals surface area (Å²) in [6.45, 7) is 1.70. The molecule has 2 amide bonds. The highest BCUT2D eigenvalue weighted by Gasteiger charge is 2.29. The highest BCUT2D eigenvalue weighted by atomic mass is 16.5. The first-order valence-corrected chi connectivity index (χ1v) is 8.54. The molecule has 134 valence electrons. The minimum Gasteiger partial charge on any atom is -0.484 e. The fraction of sp³-hybridized carbons (Fsp3) is 0.250. The third-order valence-electron chi connectivity index (χ3n) is 3.98. The zero-order chi connectivity index (χ0) is 18.4. The summed E-state index contributed by atoms with van der Waals surface area (Å²) in [7, 11) is 0. The zero-order valence-corrected chi connectivity index (χ0v) is 14.6. The summed E-state index contributed by atoms with van der Waals surface area (Å²) in [5.41, 5.74) is 4.76. The summed E-state index contributed by atoms with van der Waals surface area (Å²) in [6, 6.07) is 16.5. The van der Waals surface area contributed by atoms with Gasteiger partial charge in [0, 0.05) is 11.6 Å². The molecule has 26 heavy (non-hydrogen) atoms. The van der Waals surface area contributed by atoms with E-state index >= 15 is 0 Å². The maximum Gasteiger partial charge on any atom is 0.277 e. The number of carbonyl (C=O) groups is 2. The number of carbonyl (C=O) groups excluding carboxylic acids is 2. The first-order chi connectivity index (χ1) is 12.6. The summed E-state index contributed by atoms with van der Waals surface area (Å²) in [5.74, 6) is 0.550. The van der Waals surface area contributed by atoms with Gasteiger partial charge >= 0.3 is 0 Å². The van der Waals surface area contributed by atoms with Gasteiger partial charge in [-0.1, -0.05) is 30.3 Å². The number of rotatable bonds is 7. The Hall–Kier alpha value is -3.15. The van der Waals surface area contributed by atoms with Gasteiger partial charge in [-0.05, 0) is 49.6 Å². The number of ether oxygens (including phenoxy) is 1. The van der Waals surface area contributed by atoms with Crippen molar-refractivity contribution in [1.29, 1.82) is 0 Å². The monoisotopic (exact) mass is 351 g/mol. The van der Waals surface area contributed by atoms with Crippen LogP contribution < -0.4 is 15.5 Å². The molecule has 0 radical (unpaired) electrons. The van der Waals surface area contributed by atoms with Crippen LogP contribution in [0.2, 0.25) is 0 Å². The van der Waals surface area contributed by atoms with Crippen molar-refractivity contribution in [2.45, 2.75) is 19.8 Å². The van der Waals surface area contributed by atoms with Crippen LogP contribution in [-0.2, 0) is 9.59 Å². The van der Waals surface area contributed by atoms with Gasteiger partial charge in [-0.25, -0.2) is 5.43 Å². The number of anilines is 1. The highest BCUT2D eigenvalue weighted by Crippen LogP contribution is 2.30. The van der Waals surface area contributed by atoms with Crippen LogP contribution in [0.4, 0.5) is 5.69 Å². The maximum absolute atomic E-state index is 11.8. The molecule has 0 heterocycles. The van der Waals surface area contributed by atoms with E-state index in [1.165, 1.54) is 0 Å². The Labute approximate surface area is 152 Å². The Kier molecular flexibility index (Phi) is 5.63. The number of benzene rings is 2. The third-order valence-corrected chi connectivity index (χ3v) is 3.98. The minimum atomic E-state index is -0.332. The zero-order valence-electron chi connectivity index (χ0n) is 14.6. The van der Waals surface area contributed by atoms with E-state index in [0.717, 1.165) is 24.1 Å². The lowest BCUT2D eigenvalue weighted by atomic mass is 10.1. The van der Waals surface area contributed by atoms with Gasteiger partial charge in [0.2, 0.25) is 5.91 Å². The van der Waals surface area contributed by atoms with Crippen LogP contribution in [0.5, 0.6) is 5.75 Å². The molecular weight excluding hydrogens is 330 g/mol. The van der Waals surface area contributed by atoms with Crippen LogP contribution in [-0.4, -0.2) is 24.1 Å². The van der Waals surface area contributed by atoms with Crippen molar-refractivity contribution in [2.75, 3.05) is 11.9 Å². The molecule has 1 fully saturated rings. The van der Waals surface area contributed by atoms with Crippen LogP contribution in [0.1, 0.15) is 25.3 Å². The van der Waals surface area contributed by atoms with Crippen molar-refractivity contribution in [3.63, 3.8) is 0 Å². The van der Waals surface area contributed by atoms with Gasteiger partial charge < -0.3 is 10.1 Å². The van der Waals surface area contributed by atoms with Crippen molar-refractivity contribution in [3.05, 3.63) is 60.2 Å². The molecule has 1 saturated carbocycles. The van der Waals surface area contributed by atoms with Crippen molar-refractivity contribution in [3.8, 4) is 5.75 Å². The maximum atomic E-state index is 11.8. The van der Waals surface area contributed by atoms with Crippen LogP contribution in [0.15, 0.2) is 59.7 Å². The second kappa shape index (κ2) is 8.29. The average Bonchev–Trinajstić information content (AvgIpc) is 3.51. The molecule has 2 aromatic carbocycles. The van der Waals surface area contributed by atoms with E-state index in [0.29, 0.717) is 11.5 Å². The molecule has 3 rings (SSSR count). The Bertz CT molecular complexity index is 797. The van der Waals surface area contributed by atoms with Crippen LogP contribution in [0, 0.1) is 5.92 Å². The average molecular weight is 351 g/mol. The molecule has 0 saturated heterocycles. The number of hydrogen-bond acceptors (Lipinski definition) is 4. The highest BCUT2D eigenvalue weighted by molar-refractivity contribution is 6.00. The second-order valence-electron chi connectivity index (χ2n) is 6.17. The Balaban J connectivity index is 1.48. The standard InChI is InChI=1S/C20H21N3O3/c1-14(22-23-19(24)13-26-18-5-3-2-4-6-18)15-9-11-17(12-10-15)21-20(25)16-7-8-16/h2-6,9-12,16H,7-8,13H2,1H3,(H,21,25)(H,23,24)/b22-14-. The predicted molar refractivity (Wildman–Crippen MR) is 100 cm³/mol. The molecular formula is C20H21N3O3. The molecule has 6 nitrogen and oxygen atoms in total. The Morgan fingerprint density at radius 2 is 1.77 bits per heavy atom. The normalized spacial score (nSPS) is 13.8. The lowest BCUT2D eigenvalue weighted by Gasteiger charge is -2.07. The molecule has 6 heteroatoms. The fourth-order valence-electron chi connectivity index (χ4n) is 2.29. The Morgan fingerprint density at radius 1 is 1.08 bits per heavy atom. The van der Waals surface area contributed by atoms with Crippen molar-refractivity contribution in [1.82, 2.24) is 5.43 Å². The van der Waals surface area contributed by atoms with Crippen molar-refractivity contribution >= 4 is 23.2 Å². The summed E-state index contributed by atoms with van der Waals surface area (Å²) < 4.78 is 5.36. The number of amides is 2. The molecule has 0 unspecified atom stereocenters. The molecule has 0 atom stereocenters. The fourth-order valence-corrected chi connectivity index (χ4v) is 2.29. The molecule has 1 aliphatic rings. The largest absolute Gasteiger partial charge is 0.484 e. The Morgan fingerprint density at radius 3 is 2.42 bits per heavy atom. The number of nitrogens with one attached hydrogen (secondary N) is 2. The first-order valence-electron chi connectivity index (χ1n) is 8.54. The number of para-hydroxylation sites is 1. The molecule has 0 spiro atoms. The van der Waals surface area contributed by atoms with Gasteiger partial charge in [-0.3, -0.25) is 9.59 Å². The van der Waals surface area contributed by atoms with E-state index in [9.17, 15) is 9.59 Å². The van der Waals surface area contributed by atoms with Gasteiger partial charge in [0.25, 0.3) is 5.91 Å². The lowest BCUT2D eigenvalue weighted by Crippen LogP contribution is -2.25. The van der Waals surface area contributed by atoms with Crippen LogP contribution >= 0.6 is 0 Å². The topological polar surface area (TPSA) is 79.8 Å². The SMILES string of the molecule is C/C(=N/NC(=O)COc1ccccc1)c1ccc(NC(=O)C2CC2)cc1. The molecule has 2 aromatic rings. The number of nitrogens with zero attached hydrogens (tertiary/aromatic N) is 1. The van der Waals surface area contributed by atoms with Gasteiger partial charge in [0.05, 0.1) is 5.71 Å². The summed E-state index contributed by atoms with van der Waals surface area (Å²) >= 11 is 0. The van der Waals surface area contributed by atoms with Crippen molar-refractivity contribution < 1.29 is 14.3 Å². The van der Waals surface area contributed by atoms with E-state index in [2.05, 4.69) is 15.8 Å². The molecule has 0 bridgehead atoms. The summed E-state index contributed by atoms with van der Waals surface area (Å²) in [5, 5.41) is 6.97. The van der Waals surface area contributed by atoms with E-state index in [4.69, 9.17) is 4.74 Å². The molecule has 0 aromatic heterocycles. The van der Waals surface area contributed by atoms with Crippen molar-refractivity contribution in [2.24, 2.45) is 11.0 Å².